The minimum Gasteiger partial charge on any atom is -0.207 e. The van der Waals surface area contributed by atoms with Crippen LogP contribution < -0.4 is 0 Å². The number of hydrogen-bond donors (Lipinski definition) is 0. The molecule has 0 unspecified atom stereocenters. The standard InChI is InChI=1S/C13H9FS/c1-2-13-8-11(9-15-13)7-10-3-5-12(14)6-4-10/h1,3-6,8-9H,7H2. The van der Waals surface area contributed by atoms with Crippen molar-refractivity contribution in [3.8, 4) is 12.3 Å². The predicted molar refractivity (Wildman–Crippen MR) is 61.5 cm³/mol. The Morgan fingerprint density at radius 1 is 1.20 bits per heavy atom. The second kappa shape index (κ2) is 4.29. The average molecular weight is 216 g/mol. The Morgan fingerprint density at radius 2 is 1.93 bits per heavy atom. The van der Waals surface area contributed by atoms with Crippen LogP contribution in [0.4, 0.5) is 4.39 Å². The quantitative estimate of drug-likeness (QED) is 0.674. The maximum absolute atomic E-state index is 12.7. The molecule has 0 aliphatic rings. The minimum absolute atomic E-state index is 0.201. The van der Waals surface area contributed by atoms with Crippen molar-refractivity contribution in [1.29, 1.82) is 0 Å². The van der Waals surface area contributed by atoms with Crippen molar-refractivity contribution in [3.05, 3.63) is 57.5 Å². The second-order valence-corrected chi connectivity index (χ2v) is 4.18. The summed E-state index contributed by atoms with van der Waals surface area (Å²) in [6, 6.07) is 8.53. The van der Waals surface area contributed by atoms with E-state index in [2.05, 4.69) is 5.92 Å². The highest BCUT2D eigenvalue weighted by Gasteiger charge is 1.99. The lowest BCUT2D eigenvalue weighted by molar-refractivity contribution is 0.627. The summed E-state index contributed by atoms with van der Waals surface area (Å²) in [6.07, 6.45) is 6.09. The number of halogens is 1. The monoisotopic (exact) mass is 216 g/mol. The number of rotatable bonds is 2. The van der Waals surface area contributed by atoms with Crippen molar-refractivity contribution in [1.82, 2.24) is 0 Å². The van der Waals surface area contributed by atoms with Crippen LogP contribution in [0.3, 0.4) is 0 Å². The van der Waals surface area contributed by atoms with Gasteiger partial charge in [-0.25, -0.2) is 4.39 Å². The second-order valence-electron chi connectivity index (χ2n) is 3.27. The summed E-state index contributed by atoms with van der Waals surface area (Å²) in [5.74, 6) is 2.40. The molecule has 0 spiro atoms. The normalized spacial score (nSPS) is 9.87. The number of thiophene rings is 1. The Bertz CT molecular complexity index is 488. The smallest absolute Gasteiger partial charge is 0.123 e. The van der Waals surface area contributed by atoms with Crippen molar-refractivity contribution in [2.24, 2.45) is 0 Å². The molecule has 0 aliphatic carbocycles. The maximum Gasteiger partial charge on any atom is 0.123 e. The van der Waals surface area contributed by atoms with Gasteiger partial charge in [-0.3, -0.25) is 0 Å². The third kappa shape index (κ3) is 2.45. The van der Waals surface area contributed by atoms with Crippen molar-refractivity contribution < 1.29 is 4.39 Å². The molecule has 0 fully saturated rings. The summed E-state index contributed by atoms with van der Waals surface area (Å²) in [4.78, 5) is 0.937. The van der Waals surface area contributed by atoms with Crippen LogP contribution in [0.5, 0.6) is 0 Å². The van der Waals surface area contributed by atoms with Gasteiger partial charge in [0.2, 0.25) is 0 Å². The van der Waals surface area contributed by atoms with E-state index >= 15 is 0 Å². The van der Waals surface area contributed by atoms with Gasteiger partial charge in [-0.2, -0.15) is 0 Å². The van der Waals surface area contributed by atoms with Crippen molar-refractivity contribution >= 4 is 11.3 Å². The number of terminal acetylenes is 1. The van der Waals surface area contributed by atoms with E-state index in [9.17, 15) is 4.39 Å². The van der Waals surface area contributed by atoms with Crippen LogP contribution in [0.1, 0.15) is 16.0 Å². The summed E-state index contributed by atoms with van der Waals surface area (Å²) in [5.41, 5.74) is 2.28. The van der Waals surface area contributed by atoms with E-state index in [1.54, 1.807) is 23.5 Å². The lowest BCUT2D eigenvalue weighted by Crippen LogP contribution is -1.85. The van der Waals surface area contributed by atoms with Crippen molar-refractivity contribution in [3.63, 3.8) is 0 Å². The highest BCUT2D eigenvalue weighted by Crippen LogP contribution is 2.17. The zero-order valence-corrected chi connectivity index (χ0v) is 8.85. The summed E-state index contributed by atoms with van der Waals surface area (Å²) in [6.45, 7) is 0. The van der Waals surface area contributed by atoms with Crippen LogP contribution in [-0.2, 0) is 6.42 Å². The van der Waals surface area contributed by atoms with Gasteiger partial charge in [0.1, 0.15) is 5.82 Å². The number of benzene rings is 1. The first-order chi connectivity index (χ1) is 7.28. The predicted octanol–water partition coefficient (Wildman–Crippen LogP) is 3.46. The first kappa shape index (κ1) is 9.95. The summed E-state index contributed by atoms with van der Waals surface area (Å²) in [7, 11) is 0. The molecule has 1 aromatic heterocycles. The highest BCUT2D eigenvalue weighted by molar-refractivity contribution is 7.10. The Balaban J connectivity index is 2.15. The third-order valence-electron chi connectivity index (χ3n) is 2.12. The lowest BCUT2D eigenvalue weighted by Gasteiger charge is -1.97. The zero-order valence-electron chi connectivity index (χ0n) is 8.03. The Morgan fingerprint density at radius 3 is 2.53 bits per heavy atom. The summed E-state index contributed by atoms with van der Waals surface area (Å²) >= 11 is 1.56. The van der Waals surface area contributed by atoms with Crippen LogP contribution in [0, 0.1) is 18.2 Å². The van der Waals surface area contributed by atoms with Gasteiger partial charge in [0.05, 0.1) is 4.88 Å². The molecule has 0 nitrogen and oxygen atoms in total. The molecule has 2 aromatic rings. The Kier molecular flexibility index (Phi) is 2.84. The molecule has 1 aromatic carbocycles. The lowest BCUT2D eigenvalue weighted by atomic mass is 10.1. The molecule has 1 heterocycles. The molecule has 15 heavy (non-hydrogen) atoms. The van der Waals surface area contributed by atoms with Gasteiger partial charge in [-0.15, -0.1) is 17.8 Å². The van der Waals surface area contributed by atoms with Gasteiger partial charge < -0.3 is 0 Å². The van der Waals surface area contributed by atoms with Crippen molar-refractivity contribution in [2.45, 2.75) is 6.42 Å². The SMILES string of the molecule is C#Cc1cc(Cc2ccc(F)cc2)cs1. The topological polar surface area (TPSA) is 0 Å². The van der Waals surface area contributed by atoms with Gasteiger partial charge in [-0.1, -0.05) is 18.1 Å². The fourth-order valence-electron chi connectivity index (χ4n) is 1.38. The van der Waals surface area contributed by atoms with E-state index < -0.39 is 0 Å². The van der Waals surface area contributed by atoms with E-state index in [0.717, 1.165) is 16.9 Å². The molecule has 0 amide bonds. The molecule has 74 valence electrons. The minimum atomic E-state index is -0.201. The molecule has 0 radical (unpaired) electrons. The summed E-state index contributed by atoms with van der Waals surface area (Å²) in [5, 5.41) is 2.04. The van der Waals surface area contributed by atoms with Gasteiger partial charge in [0, 0.05) is 0 Å². The average Bonchev–Trinajstić information content (AvgIpc) is 2.69. The van der Waals surface area contributed by atoms with Crippen molar-refractivity contribution in [2.75, 3.05) is 0 Å². The van der Waals surface area contributed by atoms with Gasteiger partial charge in [0.25, 0.3) is 0 Å². The molecule has 0 bridgehead atoms. The van der Waals surface area contributed by atoms with E-state index in [0.29, 0.717) is 0 Å². The van der Waals surface area contributed by atoms with E-state index in [1.165, 1.54) is 17.7 Å². The molecule has 0 atom stereocenters. The third-order valence-corrected chi connectivity index (χ3v) is 3.03. The molecule has 0 saturated heterocycles. The van der Waals surface area contributed by atoms with Crippen LogP contribution >= 0.6 is 11.3 Å². The zero-order chi connectivity index (χ0) is 10.7. The van der Waals surface area contributed by atoms with Crippen LogP contribution in [0.2, 0.25) is 0 Å². The fourth-order valence-corrected chi connectivity index (χ4v) is 2.10. The van der Waals surface area contributed by atoms with Crippen LogP contribution in [-0.4, -0.2) is 0 Å². The molecular weight excluding hydrogens is 207 g/mol. The molecule has 2 heteroatoms. The highest BCUT2D eigenvalue weighted by atomic mass is 32.1. The molecule has 0 N–H and O–H groups in total. The van der Waals surface area contributed by atoms with E-state index in [-0.39, 0.29) is 5.82 Å². The van der Waals surface area contributed by atoms with E-state index in [4.69, 9.17) is 6.42 Å². The molecular formula is C13H9FS. The molecule has 0 aliphatic heterocycles. The van der Waals surface area contributed by atoms with Crippen LogP contribution in [0.25, 0.3) is 0 Å². The molecule has 0 saturated carbocycles. The van der Waals surface area contributed by atoms with Gasteiger partial charge >= 0.3 is 0 Å². The molecule has 2 rings (SSSR count). The first-order valence-electron chi connectivity index (χ1n) is 4.56. The first-order valence-corrected chi connectivity index (χ1v) is 5.44. The Labute approximate surface area is 92.4 Å². The van der Waals surface area contributed by atoms with Gasteiger partial charge in [0.15, 0.2) is 0 Å². The number of hydrogen-bond acceptors (Lipinski definition) is 1. The summed E-state index contributed by atoms with van der Waals surface area (Å²) < 4.78 is 12.7. The fraction of sp³-hybridized carbons (Fsp3) is 0.0769. The maximum atomic E-state index is 12.7. The van der Waals surface area contributed by atoms with Gasteiger partial charge in [-0.05, 0) is 41.1 Å². The largest absolute Gasteiger partial charge is 0.207 e. The van der Waals surface area contributed by atoms with Crippen LogP contribution in [0.15, 0.2) is 35.7 Å². The Hall–Kier alpha value is -1.59. The van der Waals surface area contributed by atoms with E-state index in [1.807, 2.05) is 11.4 Å².